The lowest BCUT2D eigenvalue weighted by molar-refractivity contribution is 1.01. The summed E-state index contributed by atoms with van der Waals surface area (Å²) in [5.74, 6) is 0. The lowest BCUT2D eigenvalue weighted by Crippen LogP contribution is -1.94. The fourth-order valence-corrected chi connectivity index (χ4v) is 6.46. The molecule has 0 aliphatic heterocycles. The second-order valence-electron chi connectivity index (χ2n) is 8.63. The summed E-state index contributed by atoms with van der Waals surface area (Å²) in [6.07, 6.45) is 0. The maximum absolute atomic E-state index is 2.41. The van der Waals surface area contributed by atoms with Crippen LogP contribution in [0.2, 0.25) is 0 Å². The molecule has 2 heteroatoms. The highest BCUT2D eigenvalue weighted by Gasteiger charge is 2.11. The normalized spacial score (nSPS) is 11.8. The second-order valence-corrected chi connectivity index (χ2v) is 9.71. The van der Waals surface area contributed by atoms with Crippen molar-refractivity contribution in [2.75, 3.05) is 0 Å². The Bertz CT molecular complexity index is 1940. The van der Waals surface area contributed by atoms with E-state index in [1.54, 1.807) is 0 Å². The summed E-state index contributed by atoms with van der Waals surface area (Å²) in [5.41, 5.74) is 2.53. The maximum Gasteiger partial charge on any atom is 0.0590 e. The number of para-hydroxylation sites is 1. The number of hydrogen-bond donors (Lipinski definition) is 0. The molecule has 1 nitrogen and oxygen atoms in total. The Kier molecular flexibility index (Phi) is 3.99. The van der Waals surface area contributed by atoms with E-state index in [2.05, 4.69) is 121 Å². The van der Waals surface area contributed by atoms with Crippen LogP contribution in [0.5, 0.6) is 0 Å². The van der Waals surface area contributed by atoms with E-state index in [0.29, 0.717) is 0 Å². The molecule has 156 valence electrons. The van der Waals surface area contributed by atoms with Crippen LogP contribution >= 0.6 is 11.3 Å². The van der Waals surface area contributed by atoms with Gasteiger partial charge in [0.05, 0.1) is 20.4 Å². The van der Waals surface area contributed by atoms with Crippen LogP contribution in [0.25, 0.3) is 63.5 Å². The van der Waals surface area contributed by atoms with E-state index >= 15 is 0 Å². The third-order valence-corrected chi connectivity index (χ3v) is 7.96. The van der Waals surface area contributed by atoms with Gasteiger partial charge in [-0.15, -0.1) is 11.3 Å². The SMILES string of the molecule is Cn1c2ccccc2sc2cc3c4ccccc4c4ccccc4c4ccccc4c3cc21. The Hall–Kier alpha value is -3.88. The van der Waals surface area contributed by atoms with Gasteiger partial charge in [-0.1, -0.05) is 84.9 Å². The number of nitrogens with zero attached hydrogens (tertiary/aromatic N) is 1. The van der Waals surface area contributed by atoms with E-state index in [0.717, 1.165) is 0 Å². The number of rotatable bonds is 0. The van der Waals surface area contributed by atoms with E-state index < -0.39 is 0 Å². The fraction of sp³-hybridized carbons (Fsp3) is 0.0323. The van der Waals surface area contributed by atoms with Crippen molar-refractivity contribution in [1.82, 2.24) is 4.57 Å². The fourth-order valence-electron chi connectivity index (χ4n) is 5.29. The smallest absolute Gasteiger partial charge is 0.0590 e. The van der Waals surface area contributed by atoms with E-state index in [4.69, 9.17) is 0 Å². The van der Waals surface area contributed by atoms with Gasteiger partial charge in [-0.05, 0) is 67.4 Å². The number of hydrogen-bond acceptors (Lipinski definition) is 1. The predicted molar refractivity (Wildman–Crippen MR) is 146 cm³/mol. The van der Waals surface area contributed by atoms with Crippen molar-refractivity contribution in [2.45, 2.75) is 0 Å². The van der Waals surface area contributed by atoms with Crippen LogP contribution in [0.4, 0.5) is 0 Å². The molecule has 0 aliphatic carbocycles. The summed E-state index contributed by atoms with van der Waals surface area (Å²) in [7, 11) is 2.18. The van der Waals surface area contributed by atoms with Crippen LogP contribution < -0.4 is 0 Å². The third kappa shape index (κ3) is 2.71. The highest BCUT2D eigenvalue weighted by Crippen LogP contribution is 2.38. The maximum atomic E-state index is 2.41. The lowest BCUT2D eigenvalue weighted by Gasteiger charge is -2.14. The average molecular weight is 440 g/mol. The van der Waals surface area contributed by atoms with Gasteiger partial charge in [0.15, 0.2) is 0 Å². The zero-order valence-corrected chi connectivity index (χ0v) is 19.1. The first-order valence-corrected chi connectivity index (χ1v) is 12.1. The van der Waals surface area contributed by atoms with Gasteiger partial charge in [-0.3, -0.25) is 0 Å². The average Bonchev–Trinajstić information content (AvgIpc) is 2.88. The summed E-state index contributed by atoms with van der Waals surface area (Å²) in [4.78, 5) is 0. The summed E-state index contributed by atoms with van der Waals surface area (Å²) in [6.45, 7) is 0. The van der Waals surface area contributed by atoms with Crippen molar-refractivity contribution in [1.29, 1.82) is 0 Å². The van der Waals surface area contributed by atoms with Gasteiger partial charge in [0, 0.05) is 7.05 Å². The molecule has 0 bridgehead atoms. The van der Waals surface area contributed by atoms with Crippen LogP contribution in [0.3, 0.4) is 0 Å². The van der Waals surface area contributed by atoms with Gasteiger partial charge in [-0.2, -0.15) is 0 Å². The molecule has 0 aliphatic rings. The van der Waals surface area contributed by atoms with E-state index in [-0.39, 0.29) is 0 Å². The second kappa shape index (κ2) is 7.06. The number of aryl methyl sites for hydroxylation is 1. The van der Waals surface area contributed by atoms with Gasteiger partial charge in [0.25, 0.3) is 0 Å². The lowest BCUT2D eigenvalue weighted by atomic mass is 9.94. The molecule has 0 fully saturated rings. The predicted octanol–water partition coefficient (Wildman–Crippen LogP) is 9.13. The summed E-state index contributed by atoms with van der Waals surface area (Å²) >= 11 is 1.87. The molecule has 7 rings (SSSR count). The summed E-state index contributed by atoms with van der Waals surface area (Å²) < 4.78 is 4.94. The standard InChI is InChI=1S/C31H21NS/c1-32-28-16-8-9-17-30(28)33-31-19-27-25-15-7-5-13-23(25)21-11-3-2-10-20(21)22-12-4-6-14-24(22)26(27)18-29(31)32/h2-19H,1H3. The van der Waals surface area contributed by atoms with Crippen LogP contribution in [0.1, 0.15) is 0 Å². The molecular weight excluding hydrogens is 418 g/mol. The van der Waals surface area contributed by atoms with Crippen LogP contribution in [-0.2, 0) is 7.05 Å². The van der Waals surface area contributed by atoms with Gasteiger partial charge in [0.1, 0.15) is 0 Å². The van der Waals surface area contributed by atoms with Crippen LogP contribution in [-0.4, -0.2) is 4.57 Å². The Balaban J connectivity index is 1.86. The van der Waals surface area contributed by atoms with E-state index in [1.165, 1.54) is 63.5 Å². The molecule has 1 heterocycles. The minimum absolute atomic E-state index is 1.26. The molecule has 0 unspecified atom stereocenters. The van der Waals surface area contributed by atoms with Gasteiger partial charge < -0.3 is 4.57 Å². The van der Waals surface area contributed by atoms with Crippen LogP contribution in [0, 0.1) is 0 Å². The Labute approximate surface area is 195 Å². The molecule has 0 spiro atoms. The minimum atomic E-state index is 1.26. The molecule has 1 aromatic heterocycles. The molecule has 6 aromatic carbocycles. The third-order valence-electron chi connectivity index (χ3n) is 6.85. The van der Waals surface area contributed by atoms with Crippen molar-refractivity contribution in [3.8, 4) is 0 Å². The highest BCUT2D eigenvalue weighted by molar-refractivity contribution is 7.24. The Morgan fingerprint density at radius 2 is 0.848 bits per heavy atom. The van der Waals surface area contributed by atoms with Crippen molar-refractivity contribution >= 4 is 74.9 Å². The number of benzene rings is 5. The molecular formula is C31H21NS. The molecule has 33 heavy (non-hydrogen) atoms. The monoisotopic (exact) mass is 439 g/mol. The molecule has 0 amide bonds. The molecule has 0 N–H and O–H groups in total. The Morgan fingerprint density at radius 1 is 0.424 bits per heavy atom. The van der Waals surface area contributed by atoms with E-state index in [9.17, 15) is 0 Å². The zero-order chi connectivity index (χ0) is 21.9. The quantitative estimate of drug-likeness (QED) is 0.208. The van der Waals surface area contributed by atoms with Crippen molar-refractivity contribution in [3.05, 3.63) is 109 Å². The van der Waals surface area contributed by atoms with Gasteiger partial charge in [-0.25, -0.2) is 0 Å². The molecule has 7 aromatic rings. The van der Waals surface area contributed by atoms with E-state index in [1.807, 2.05) is 11.3 Å². The summed E-state index contributed by atoms with van der Waals surface area (Å²) in [6, 6.07) is 40.0. The number of aromatic nitrogens is 1. The largest absolute Gasteiger partial charge is 0.342 e. The molecule has 0 atom stereocenters. The topological polar surface area (TPSA) is 4.93 Å². The highest BCUT2D eigenvalue weighted by atomic mass is 32.1. The van der Waals surface area contributed by atoms with Gasteiger partial charge >= 0.3 is 0 Å². The first-order valence-electron chi connectivity index (χ1n) is 11.3. The molecule has 0 radical (unpaired) electrons. The zero-order valence-electron chi connectivity index (χ0n) is 18.2. The minimum Gasteiger partial charge on any atom is -0.342 e. The van der Waals surface area contributed by atoms with Crippen LogP contribution in [0.15, 0.2) is 109 Å². The van der Waals surface area contributed by atoms with Crippen molar-refractivity contribution in [2.24, 2.45) is 7.05 Å². The molecule has 0 saturated heterocycles. The molecule has 0 saturated carbocycles. The first-order chi connectivity index (χ1) is 16.3. The van der Waals surface area contributed by atoms with Crippen molar-refractivity contribution < 1.29 is 0 Å². The Morgan fingerprint density at radius 3 is 1.39 bits per heavy atom. The first kappa shape index (κ1) is 18.7. The summed E-state index contributed by atoms with van der Waals surface area (Å²) in [5, 5.41) is 10.3. The number of fused-ring (bicyclic) bond motifs is 10. The van der Waals surface area contributed by atoms with Crippen molar-refractivity contribution in [3.63, 3.8) is 0 Å². The van der Waals surface area contributed by atoms with Gasteiger partial charge in [0.2, 0.25) is 0 Å².